The number of benzene rings is 2. The molecule has 6 rings (SSSR count). The van der Waals surface area contributed by atoms with Crippen molar-refractivity contribution in [1.29, 1.82) is 0 Å². The van der Waals surface area contributed by atoms with Crippen LogP contribution in [0.15, 0.2) is 42.5 Å². The molecule has 0 atom stereocenters. The second-order valence-electron chi connectivity index (χ2n) is 7.28. The maximum atomic E-state index is 13.0. The quantitative estimate of drug-likeness (QED) is 0.541. The SMILES string of the molecule is O=C(Nc1nc2cc3c(cc2s1)OCCO3)c1nnn(-c2ccccc2)c1C1CC1. The lowest BCUT2D eigenvalue weighted by molar-refractivity contribution is 0.102. The van der Waals surface area contributed by atoms with Crippen LogP contribution in [0.3, 0.4) is 0 Å². The zero-order valence-corrected chi connectivity index (χ0v) is 16.7. The number of anilines is 1. The van der Waals surface area contributed by atoms with Gasteiger partial charge in [0.2, 0.25) is 0 Å². The molecule has 150 valence electrons. The molecule has 9 heteroatoms. The smallest absolute Gasteiger partial charge is 0.279 e. The summed E-state index contributed by atoms with van der Waals surface area (Å²) in [6.45, 7) is 1.05. The van der Waals surface area contributed by atoms with Crippen molar-refractivity contribution in [3.05, 3.63) is 53.9 Å². The van der Waals surface area contributed by atoms with Gasteiger partial charge in [-0.25, -0.2) is 9.67 Å². The minimum Gasteiger partial charge on any atom is -0.486 e. The fourth-order valence-electron chi connectivity index (χ4n) is 3.61. The van der Waals surface area contributed by atoms with Gasteiger partial charge in [-0.1, -0.05) is 34.7 Å². The van der Waals surface area contributed by atoms with E-state index < -0.39 is 0 Å². The molecule has 1 saturated carbocycles. The van der Waals surface area contributed by atoms with Crippen LogP contribution in [0.2, 0.25) is 0 Å². The minimum atomic E-state index is -0.296. The van der Waals surface area contributed by atoms with Crippen molar-refractivity contribution in [3.63, 3.8) is 0 Å². The lowest BCUT2D eigenvalue weighted by atomic mass is 10.2. The van der Waals surface area contributed by atoms with Crippen LogP contribution in [0.5, 0.6) is 11.5 Å². The third-order valence-electron chi connectivity index (χ3n) is 5.16. The molecule has 0 spiro atoms. The number of rotatable bonds is 4. The van der Waals surface area contributed by atoms with E-state index in [1.807, 2.05) is 42.5 Å². The lowest BCUT2D eigenvalue weighted by Crippen LogP contribution is -2.15. The molecule has 1 amide bonds. The number of aromatic nitrogens is 4. The van der Waals surface area contributed by atoms with E-state index in [1.54, 1.807) is 4.68 Å². The lowest BCUT2D eigenvalue weighted by Gasteiger charge is -2.17. The Kier molecular flexibility index (Phi) is 3.95. The molecule has 2 aliphatic rings. The standard InChI is InChI=1S/C21H17N5O3S/c27-20(18-19(12-6-7-12)26(25-24-18)13-4-2-1-3-5-13)23-21-22-14-10-15-16(11-17(14)30-21)29-9-8-28-15/h1-5,10-12H,6-9H2,(H,22,23,27). The van der Waals surface area contributed by atoms with Gasteiger partial charge in [-0.05, 0) is 25.0 Å². The largest absolute Gasteiger partial charge is 0.486 e. The second-order valence-corrected chi connectivity index (χ2v) is 8.31. The van der Waals surface area contributed by atoms with Crippen LogP contribution < -0.4 is 14.8 Å². The number of nitrogens with zero attached hydrogens (tertiary/aromatic N) is 4. The van der Waals surface area contributed by atoms with Crippen molar-refractivity contribution in [2.24, 2.45) is 0 Å². The Hall–Kier alpha value is -3.46. The van der Waals surface area contributed by atoms with E-state index in [9.17, 15) is 4.79 Å². The van der Waals surface area contributed by atoms with Crippen molar-refractivity contribution in [3.8, 4) is 17.2 Å². The van der Waals surface area contributed by atoms with E-state index in [0.717, 1.165) is 34.4 Å². The molecule has 1 N–H and O–H groups in total. The average Bonchev–Trinajstić information content (AvgIpc) is 3.39. The van der Waals surface area contributed by atoms with Gasteiger partial charge in [0, 0.05) is 18.1 Å². The number of nitrogens with one attached hydrogen (secondary N) is 1. The van der Waals surface area contributed by atoms with Gasteiger partial charge in [0.05, 0.1) is 21.6 Å². The van der Waals surface area contributed by atoms with E-state index in [0.29, 0.717) is 41.5 Å². The van der Waals surface area contributed by atoms with Gasteiger partial charge in [0.1, 0.15) is 13.2 Å². The Balaban J connectivity index is 1.32. The van der Waals surface area contributed by atoms with Crippen LogP contribution >= 0.6 is 11.3 Å². The van der Waals surface area contributed by atoms with Crippen molar-refractivity contribution in [1.82, 2.24) is 20.0 Å². The van der Waals surface area contributed by atoms with Gasteiger partial charge in [0.15, 0.2) is 22.3 Å². The van der Waals surface area contributed by atoms with Crippen molar-refractivity contribution >= 4 is 32.6 Å². The molecule has 1 aliphatic heterocycles. The second kappa shape index (κ2) is 6.81. The average molecular weight is 419 g/mol. The molecule has 2 aromatic carbocycles. The topological polar surface area (TPSA) is 91.2 Å². The summed E-state index contributed by atoms with van der Waals surface area (Å²) in [4.78, 5) is 17.6. The highest BCUT2D eigenvalue weighted by Gasteiger charge is 2.34. The summed E-state index contributed by atoms with van der Waals surface area (Å²) >= 11 is 1.39. The number of carbonyl (C=O) groups is 1. The van der Waals surface area contributed by atoms with Crippen LogP contribution in [0.25, 0.3) is 15.9 Å². The highest BCUT2D eigenvalue weighted by Crippen LogP contribution is 2.42. The Bertz CT molecular complexity index is 1220. The molecule has 1 fully saturated rings. The summed E-state index contributed by atoms with van der Waals surface area (Å²) in [5.74, 6) is 1.39. The Labute approximate surface area is 175 Å². The number of hydrogen-bond acceptors (Lipinski definition) is 7. The van der Waals surface area contributed by atoms with Crippen LogP contribution in [0, 0.1) is 0 Å². The first-order chi connectivity index (χ1) is 14.8. The first-order valence-electron chi connectivity index (χ1n) is 9.79. The molecule has 2 aromatic heterocycles. The van der Waals surface area contributed by atoms with Gasteiger partial charge in [0.25, 0.3) is 5.91 Å². The van der Waals surface area contributed by atoms with Crippen molar-refractivity contribution in [2.75, 3.05) is 18.5 Å². The van der Waals surface area contributed by atoms with Crippen LogP contribution in [-0.4, -0.2) is 39.1 Å². The molecule has 8 nitrogen and oxygen atoms in total. The van der Waals surface area contributed by atoms with Gasteiger partial charge in [-0.3, -0.25) is 10.1 Å². The maximum Gasteiger partial charge on any atom is 0.279 e. The number of carbonyl (C=O) groups excluding carboxylic acids is 1. The fraction of sp³-hybridized carbons (Fsp3) is 0.238. The predicted octanol–water partition coefficient (Wildman–Crippen LogP) is 3.78. The number of ether oxygens (including phenoxy) is 2. The summed E-state index contributed by atoms with van der Waals surface area (Å²) in [6, 6.07) is 13.5. The minimum absolute atomic E-state index is 0.296. The maximum absolute atomic E-state index is 13.0. The molecule has 0 radical (unpaired) electrons. The summed E-state index contributed by atoms with van der Waals surface area (Å²) in [5, 5.41) is 11.9. The van der Waals surface area contributed by atoms with Gasteiger partial charge in [-0.15, -0.1) is 5.10 Å². The normalized spacial score (nSPS) is 15.3. The van der Waals surface area contributed by atoms with Crippen LogP contribution in [-0.2, 0) is 0 Å². The molecular weight excluding hydrogens is 402 g/mol. The molecule has 0 bridgehead atoms. The van der Waals surface area contributed by atoms with Crippen LogP contribution in [0.4, 0.5) is 5.13 Å². The van der Waals surface area contributed by atoms with Crippen LogP contribution in [0.1, 0.15) is 34.9 Å². The fourth-order valence-corrected chi connectivity index (χ4v) is 4.48. The number of para-hydroxylation sites is 1. The molecular formula is C21H17N5O3S. The molecule has 30 heavy (non-hydrogen) atoms. The van der Waals surface area contributed by atoms with Gasteiger partial charge >= 0.3 is 0 Å². The van der Waals surface area contributed by atoms with Gasteiger partial charge in [-0.2, -0.15) is 0 Å². The Morgan fingerprint density at radius 2 is 1.87 bits per heavy atom. The van der Waals surface area contributed by atoms with E-state index in [1.165, 1.54) is 11.3 Å². The summed E-state index contributed by atoms with van der Waals surface area (Å²) < 4.78 is 13.9. The molecule has 4 aromatic rings. The highest BCUT2D eigenvalue weighted by molar-refractivity contribution is 7.22. The summed E-state index contributed by atoms with van der Waals surface area (Å²) in [5.41, 5.74) is 2.87. The van der Waals surface area contributed by atoms with Crippen molar-refractivity contribution < 1.29 is 14.3 Å². The zero-order chi connectivity index (χ0) is 20.1. The summed E-state index contributed by atoms with van der Waals surface area (Å²) in [7, 11) is 0. The Morgan fingerprint density at radius 1 is 1.10 bits per heavy atom. The van der Waals surface area contributed by atoms with E-state index in [4.69, 9.17) is 9.47 Å². The molecule has 0 saturated heterocycles. The third-order valence-corrected chi connectivity index (χ3v) is 6.09. The number of amides is 1. The number of thiazole rings is 1. The number of fused-ring (bicyclic) bond motifs is 2. The van der Waals surface area contributed by atoms with E-state index >= 15 is 0 Å². The first kappa shape index (κ1) is 17.4. The third kappa shape index (κ3) is 2.98. The highest BCUT2D eigenvalue weighted by atomic mass is 32.1. The molecule has 0 unspecified atom stereocenters. The molecule has 3 heterocycles. The van der Waals surface area contributed by atoms with Crippen molar-refractivity contribution in [2.45, 2.75) is 18.8 Å². The first-order valence-corrected chi connectivity index (χ1v) is 10.6. The summed E-state index contributed by atoms with van der Waals surface area (Å²) in [6.07, 6.45) is 2.07. The Morgan fingerprint density at radius 3 is 2.63 bits per heavy atom. The van der Waals surface area contributed by atoms with E-state index in [2.05, 4.69) is 20.6 Å². The van der Waals surface area contributed by atoms with Gasteiger partial charge < -0.3 is 9.47 Å². The number of hydrogen-bond donors (Lipinski definition) is 1. The van der Waals surface area contributed by atoms with E-state index in [-0.39, 0.29) is 5.91 Å². The molecule has 1 aliphatic carbocycles. The zero-order valence-electron chi connectivity index (χ0n) is 15.9. The predicted molar refractivity (Wildman–Crippen MR) is 112 cm³/mol. The monoisotopic (exact) mass is 419 g/mol.